The lowest BCUT2D eigenvalue weighted by Crippen LogP contribution is -2.59. The Labute approximate surface area is 319 Å². The van der Waals surface area contributed by atoms with Crippen molar-refractivity contribution in [2.24, 2.45) is 17.8 Å². The minimum atomic E-state index is -1.35. The number of likely N-dealkylation sites (tertiary alicyclic amines) is 1. The van der Waals surface area contributed by atoms with Crippen molar-refractivity contribution < 1.29 is 33.8 Å². The van der Waals surface area contributed by atoms with E-state index in [-0.39, 0.29) is 42.8 Å². The second-order valence-corrected chi connectivity index (χ2v) is 15.8. The topological polar surface area (TPSA) is 125 Å². The molecule has 3 aromatic carbocycles. The summed E-state index contributed by atoms with van der Waals surface area (Å²) in [5.74, 6) is -3.48. The third kappa shape index (κ3) is 7.43. The van der Waals surface area contributed by atoms with Crippen LogP contribution in [0.1, 0.15) is 51.1 Å². The number of halogens is 1. The number of anilines is 1. The first-order valence-electron chi connectivity index (χ1n) is 18.3. The number of allylic oxidation sites excluding steroid dienone is 1. The zero-order valence-electron chi connectivity index (χ0n) is 30.2. The van der Waals surface area contributed by atoms with Gasteiger partial charge in [-0.3, -0.25) is 19.2 Å². The highest BCUT2D eigenvalue weighted by atomic mass is 79.9. The summed E-state index contributed by atoms with van der Waals surface area (Å²) >= 11 is 3.77. The number of fused-ring (bicyclic) bond motifs is 2. The van der Waals surface area contributed by atoms with Crippen molar-refractivity contribution in [1.29, 1.82) is 0 Å². The van der Waals surface area contributed by atoms with E-state index >= 15 is 4.79 Å². The van der Waals surface area contributed by atoms with E-state index in [1.54, 1.807) is 17.1 Å². The van der Waals surface area contributed by atoms with Crippen molar-refractivity contribution in [3.8, 4) is 0 Å². The van der Waals surface area contributed by atoms with Gasteiger partial charge < -0.3 is 29.7 Å². The van der Waals surface area contributed by atoms with E-state index in [0.717, 1.165) is 16.3 Å². The zero-order chi connectivity index (χ0) is 37.9. The molecule has 3 aliphatic rings. The van der Waals surface area contributed by atoms with E-state index in [1.807, 2.05) is 86.6 Å². The number of ether oxygens (including phenoxy) is 2. The minimum Gasteiger partial charge on any atom is -0.463 e. The van der Waals surface area contributed by atoms with E-state index < -0.39 is 59.5 Å². The van der Waals surface area contributed by atoms with E-state index in [4.69, 9.17) is 9.47 Å². The molecule has 10 nitrogen and oxygen atoms in total. The van der Waals surface area contributed by atoms with Gasteiger partial charge in [0.1, 0.15) is 18.2 Å². The molecule has 6 rings (SSSR count). The first kappa shape index (κ1) is 38.4. The lowest BCUT2D eigenvalue weighted by atomic mass is 9.70. The molecule has 3 aliphatic heterocycles. The van der Waals surface area contributed by atoms with Gasteiger partial charge in [0.2, 0.25) is 11.8 Å². The van der Waals surface area contributed by atoms with Crippen LogP contribution in [0.3, 0.4) is 0 Å². The average molecular weight is 787 g/mol. The molecule has 3 fully saturated rings. The predicted octanol–water partition coefficient (Wildman–Crippen LogP) is 5.88. The Kier molecular flexibility index (Phi) is 11.9. The Hall–Kier alpha value is -4.32. The number of nitrogens with one attached hydrogen (secondary N) is 1. The summed E-state index contributed by atoms with van der Waals surface area (Å²) < 4.78 is 12.4. The Morgan fingerprint density at radius 1 is 1.08 bits per heavy atom. The third-order valence-corrected chi connectivity index (χ3v) is 11.6. The summed E-state index contributed by atoms with van der Waals surface area (Å²) in [6, 6.07) is 20.3. The molecule has 0 radical (unpaired) electrons. The summed E-state index contributed by atoms with van der Waals surface area (Å²) in [5.41, 5.74) is 0.0113. The molecular weight excluding hydrogens is 738 g/mol. The second kappa shape index (κ2) is 16.4. The van der Waals surface area contributed by atoms with Crippen molar-refractivity contribution in [1.82, 2.24) is 10.2 Å². The van der Waals surface area contributed by atoms with Crippen LogP contribution in [0.15, 0.2) is 98.1 Å². The summed E-state index contributed by atoms with van der Waals surface area (Å²) in [6.07, 6.45) is 3.96. The molecule has 11 heteroatoms. The number of aliphatic hydroxyl groups excluding tert-OH is 1. The van der Waals surface area contributed by atoms with Crippen LogP contribution in [0.2, 0.25) is 0 Å². The van der Waals surface area contributed by atoms with E-state index in [1.165, 1.54) is 4.90 Å². The number of hydrogen-bond donors (Lipinski definition) is 2. The lowest BCUT2D eigenvalue weighted by Gasteiger charge is -2.40. The van der Waals surface area contributed by atoms with Gasteiger partial charge >= 0.3 is 5.97 Å². The molecule has 1 unspecified atom stereocenters. The number of hydrogen-bond acceptors (Lipinski definition) is 7. The molecule has 0 aliphatic carbocycles. The smallest absolute Gasteiger partial charge is 0.306 e. The monoisotopic (exact) mass is 785 g/mol. The third-order valence-electron chi connectivity index (χ3n) is 10.7. The van der Waals surface area contributed by atoms with Gasteiger partial charge in [-0.05, 0) is 53.6 Å². The minimum absolute atomic E-state index is 0.0968. The molecule has 8 atom stereocenters. The fourth-order valence-electron chi connectivity index (χ4n) is 8.45. The number of alkyl halides is 1. The van der Waals surface area contributed by atoms with Gasteiger partial charge in [0.15, 0.2) is 0 Å². The van der Waals surface area contributed by atoms with Crippen molar-refractivity contribution in [3.05, 3.63) is 104 Å². The standard InChI is InChI=1S/C42H48BrN3O7/c1-5-7-17-34(48)52-25-33(28-14-9-8-10-15-28)44-39(49)35-36-40(50)46(31(24-47)21-26(3)4)38(42(36)23-32(43)37(35)53-42)41(51)45(20-6-2)30-19-18-27-13-11-12-16-29(27)22-30/h5-6,8-16,18-19,22,26,31-33,35-38,47H,1-2,7,17,20-21,23-25H2,3-4H3,(H,44,49)/t31-,32?,33+,35-,36+,37-,38-,42+/m1/s1. The van der Waals surface area contributed by atoms with Gasteiger partial charge in [0.05, 0.1) is 36.6 Å². The first-order valence-corrected chi connectivity index (χ1v) is 19.2. The highest BCUT2D eigenvalue weighted by Crippen LogP contribution is 2.61. The quantitative estimate of drug-likeness (QED) is 0.106. The van der Waals surface area contributed by atoms with Crippen LogP contribution in [0, 0.1) is 17.8 Å². The van der Waals surface area contributed by atoms with Crippen LogP contribution in [0.5, 0.6) is 0 Å². The van der Waals surface area contributed by atoms with Crippen molar-refractivity contribution in [3.63, 3.8) is 0 Å². The molecule has 3 saturated heterocycles. The number of carbonyl (C=O) groups is 4. The van der Waals surface area contributed by atoms with Crippen LogP contribution in [-0.4, -0.2) is 82.1 Å². The Morgan fingerprint density at radius 2 is 1.79 bits per heavy atom. The fraction of sp³-hybridized carbons (Fsp3) is 0.429. The van der Waals surface area contributed by atoms with Gasteiger partial charge in [0, 0.05) is 23.5 Å². The maximum absolute atomic E-state index is 15.2. The van der Waals surface area contributed by atoms with Gasteiger partial charge in [0.25, 0.3) is 5.91 Å². The van der Waals surface area contributed by atoms with Gasteiger partial charge in [-0.2, -0.15) is 0 Å². The van der Waals surface area contributed by atoms with E-state index in [2.05, 4.69) is 34.4 Å². The number of aliphatic hydroxyl groups is 1. The number of nitrogens with zero attached hydrogens (tertiary/aromatic N) is 2. The van der Waals surface area contributed by atoms with Crippen LogP contribution in [-0.2, 0) is 28.7 Å². The van der Waals surface area contributed by atoms with Gasteiger partial charge in [-0.25, -0.2) is 0 Å². The molecule has 0 aromatic heterocycles. The highest BCUT2D eigenvalue weighted by molar-refractivity contribution is 9.09. The molecule has 3 amide bonds. The van der Waals surface area contributed by atoms with Crippen LogP contribution < -0.4 is 10.2 Å². The highest BCUT2D eigenvalue weighted by Gasteiger charge is 2.77. The van der Waals surface area contributed by atoms with E-state index in [0.29, 0.717) is 24.9 Å². The molecule has 2 N–H and O–H groups in total. The Morgan fingerprint density at radius 3 is 2.47 bits per heavy atom. The molecular formula is C42H48BrN3O7. The maximum atomic E-state index is 15.2. The largest absolute Gasteiger partial charge is 0.463 e. The lowest BCUT2D eigenvalue weighted by molar-refractivity contribution is -0.146. The average Bonchev–Trinajstić information content (AvgIpc) is 3.76. The summed E-state index contributed by atoms with van der Waals surface area (Å²) in [4.78, 5) is 59.9. The number of esters is 1. The van der Waals surface area contributed by atoms with Crippen LogP contribution in [0.4, 0.5) is 5.69 Å². The molecule has 53 heavy (non-hydrogen) atoms. The van der Waals surface area contributed by atoms with E-state index in [9.17, 15) is 19.5 Å². The van der Waals surface area contributed by atoms with Gasteiger partial charge in [-0.15, -0.1) is 13.2 Å². The molecule has 2 bridgehead atoms. The van der Waals surface area contributed by atoms with Crippen molar-refractivity contribution in [2.75, 3.05) is 24.7 Å². The number of benzene rings is 3. The van der Waals surface area contributed by atoms with Gasteiger partial charge in [-0.1, -0.05) is 103 Å². The molecule has 0 saturated carbocycles. The SMILES string of the molecule is C=CCCC(=O)OC[C@H](NC(=O)[C@H]1[C@@H]2O[C@@]3(CC2Br)[C@@H]1C(=O)N([C@@H](CO)CC(C)C)[C@@H]3C(=O)N(CC=C)c1ccc2ccccc2c1)c1ccccc1. The fourth-order valence-corrected chi connectivity index (χ4v) is 9.39. The molecule has 1 spiro atoms. The predicted molar refractivity (Wildman–Crippen MR) is 207 cm³/mol. The molecule has 280 valence electrons. The van der Waals surface area contributed by atoms with Crippen LogP contribution in [0.25, 0.3) is 10.8 Å². The van der Waals surface area contributed by atoms with Crippen molar-refractivity contribution in [2.45, 2.75) is 74.2 Å². The molecule has 3 aromatic rings. The molecule has 3 heterocycles. The summed E-state index contributed by atoms with van der Waals surface area (Å²) in [7, 11) is 0. The van der Waals surface area contributed by atoms with Crippen LogP contribution >= 0.6 is 15.9 Å². The zero-order valence-corrected chi connectivity index (χ0v) is 31.8. The number of carbonyl (C=O) groups excluding carboxylic acids is 4. The number of rotatable bonds is 16. The van der Waals surface area contributed by atoms with Crippen molar-refractivity contribution >= 4 is 56.1 Å². The Bertz CT molecular complexity index is 1850. The number of amides is 3. The first-order chi connectivity index (χ1) is 25.5. The summed E-state index contributed by atoms with van der Waals surface area (Å²) in [5, 5.41) is 15.8. The Balaban J connectivity index is 1.38. The normalized spacial score (nSPS) is 25.6. The summed E-state index contributed by atoms with van der Waals surface area (Å²) in [6.45, 7) is 11.3. The second-order valence-electron chi connectivity index (χ2n) is 14.6. The maximum Gasteiger partial charge on any atom is 0.306 e.